The molecule has 2 N–H and O–H groups in total. The van der Waals surface area contributed by atoms with Gasteiger partial charge in [-0.3, -0.25) is 4.90 Å². The third-order valence-corrected chi connectivity index (χ3v) is 6.82. The highest BCUT2D eigenvalue weighted by Crippen LogP contribution is 2.44. The zero-order chi connectivity index (χ0) is 15.0. The molecule has 2 heterocycles. The lowest BCUT2D eigenvalue weighted by molar-refractivity contribution is -0.0751. The average Bonchev–Trinajstić information content (AvgIpc) is 2.84. The van der Waals surface area contributed by atoms with E-state index in [-0.39, 0.29) is 0 Å². The van der Waals surface area contributed by atoms with E-state index >= 15 is 0 Å². The van der Waals surface area contributed by atoms with Crippen LogP contribution in [-0.2, 0) is 4.74 Å². The van der Waals surface area contributed by atoms with Crippen molar-refractivity contribution in [3.05, 3.63) is 0 Å². The summed E-state index contributed by atoms with van der Waals surface area (Å²) in [7, 11) is 0. The maximum absolute atomic E-state index is 6.11. The Bertz CT molecular complexity index is 345. The van der Waals surface area contributed by atoms with E-state index in [0.29, 0.717) is 29.6 Å². The van der Waals surface area contributed by atoms with Gasteiger partial charge in [-0.2, -0.15) is 0 Å². The zero-order valence-electron chi connectivity index (χ0n) is 14.2. The molecule has 1 saturated carbocycles. The van der Waals surface area contributed by atoms with Gasteiger partial charge in [0, 0.05) is 19.1 Å². The normalized spacial score (nSPS) is 41.4. The maximum Gasteiger partial charge on any atom is 0.0707 e. The highest BCUT2D eigenvalue weighted by atomic mass is 16.5. The van der Waals surface area contributed by atoms with Gasteiger partial charge in [-0.05, 0) is 55.9 Å². The van der Waals surface area contributed by atoms with Crippen molar-refractivity contribution in [3.63, 3.8) is 0 Å². The molecule has 21 heavy (non-hydrogen) atoms. The Labute approximate surface area is 130 Å². The summed E-state index contributed by atoms with van der Waals surface area (Å²) in [4.78, 5) is 2.75. The van der Waals surface area contributed by atoms with E-state index in [2.05, 4.69) is 25.7 Å². The Morgan fingerprint density at radius 3 is 2.33 bits per heavy atom. The number of likely N-dealkylation sites (tertiary alicyclic amines) is 1. The molecule has 3 rings (SSSR count). The summed E-state index contributed by atoms with van der Waals surface area (Å²) in [5.41, 5.74) is 6.59. The van der Waals surface area contributed by atoms with Gasteiger partial charge < -0.3 is 10.5 Å². The van der Waals surface area contributed by atoms with E-state index in [4.69, 9.17) is 10.5 Å². The van der Waals surface area contributed by atoms with Crippen LogP contribution in [0.1, 0.15) is 59.3 Å². The summed E-state index contributed by atoms with van der Waals surface area (Å²) in [6, 6.07) is 0.701. The summed E-state index contributed by atoms with van der Waals surface area (Å²) < 4.78 is 6.03. The standard InChI is InChI=1S/C18H34N2O/c1-4-18(2,3)14-6-5-13(10-19)17(9-14)20-11-15-7-8-16(12-20)21-15/h13-17H,4-12,19H2,1-3H3. The van der Waals surface area contributed by atoms with Gasteiger partial charge in [0.25, 0.3) is 0 Å². The molecule has 0 spiro atoms. The van der Waals surface area contributed by atoms with Crippen molar-refractivity contribution in [2.24, 2.45) is 23.0 Å². The zero-order valence-corrected chi connectivity index (χ0v) is 14.2. The van der Waals surface area contributed by atoms with Crippen LogP contribution < -0.4 is 5.73 Å². The molecule has 5 atom stereocenters. The van der Waals surface area contributed by atoms with Gasteiger partial charge in [0.15, 0.2) is 0 Å². The SMILES string of the molecule is CCC(C)(C)C1CCC(CN)C(N2CC3CCC(C2)O3)C1. The minimum atomic E-state index is 0.475. The van der Waals surface area contributed by atoms with Gasteiger partial charge in [0.1, 0.15) is 0 Å². The first-order valence-electron chi connectivity index (χ1n) is 9.13. The fourth-order valence-corrected chi connectivity index (χ4v) is 4.85. The molecule has 2 bridgehead atoms. The van der Waals surface area contributed by atoms with Gasteiger partial charge in [0.2, 0.25) is 0 Å². The number of fused-ring (bicyclic) bond motifs is 2. The fourth-order valence-electron chi connectivity index (χ4n) is 4.85. The van der Waals surface area contributed by atoms with Crippen LogP contribution in [0.2, 0.25) is 0 Å². The number of nitrogens with zero attached hydrogens (tertiary/aromatic N) is 1. The Morgan fingerprint density at radius 2 is 1.76 bits per heavy atom. The van der Waals surface area contributed by atoms with Crippen molar-refractivity contribution in [1.82, 2.24) is 4.90 Å². The van der Waals surface area contributed by atoms with Crippen molar-refractivity contribution in [3.8, 4) is 0 Å². The molecule has 1 aliphatic carbocycles. The minimum Gasteiger partial charge on any atom is -0.372 e. The predicted octanol–water partition coefficient (Wildman–Crippen LogP) is 3.03. The van der Waals surface area contributed by atoms with E-state index < -0.39 is 0 Å². The molecular weight excluding hydrogens is 260 g/mol. The number of hydrogen-bond acceptors (Lipinski definition) is 3. The van der Waals surface area contributed by atoms with Crippen LogP contribution in [-0.4, -0.2) is 42.8 Å². The first kappa shape index (κ1) is 15.8. The molecule has 5 unspecified atom stereocenters. The highest BCUT2D eigenvalue weighted by molar-refractivity contribution is 4.96. The van der Waals surface area contributed by atoms with Crippen LogP contribution in [0, 0.1) is 17.3 Å². The van der Waals surface area contributed by atoms with E-state index in [0.717, 1.165) is 25.6 Å². The van der Waals surface area contributed by atoms with Crippen LogP contribution in [0.4, 0.5) is 0 Å². The van der Waals surface area contributed by atoms with Crippen LogP contribution in [0.15, 0.2) is 0 Å². The Balaban J connectivity index is 1.71. The summed E-state index contributed by atoms with van der Waals surface area (Å²) in [5, 5.41) is 0. The van der Waals surface area contributed by atoms with Gasteiger partial charge in [0.05, 0.1) is 12.2 Å². The van der Waals surface area contributed by atoms with Gasteiger partial charge >= 0.3 is 0 Å². The lowest BCUT2D eigenvalue weighted by atomic mass is 9.65. The third kappa shape index (κ3) is 3.16. The van der Waals surface area contributed by atoms with Crippen LogP contribution in [0.25, 0.3) is 0 Å². The first-order chi connectivity index (χ1) is 10.0. The molecule has 0 aromatic carbocycles. The Hall–Kier alpha value is -0.120. The second-order valence-corrected chi connectivity index (χ2v) is 8.33. The summed E-state index contributed by atoms with van der Waals surface area (Å²) in [6.07, 6.45) is 8.87. The highest BCUT2D eigenvalue weighted by Gasteiger charge is 2.43. The molecule has 3 fully saturated rings. The second-order valence-electron chi connectivity index (χ2n) is 8.33. The number of ether oxygens (including phenoxy) is 1. The molecule has 2 saturated heterocycles. The topological polar surface area (TPSA) is 38.5 Å². The fraction of sp³-hybridized carbons (Fsp3) is 1.00. The van der Waals surface area contributed by atoms with Crippen molar-refractivity contribution in [2.75, 3.05) is 19.6 Å². The lowest BCUT2D eigenvalue weighted by Gasteiger charge is -2.48. The lowest BCUT2D eigenvalue weighted by Crippen LogP contribution is -2.54. The number of nitrogens with two attached hydrogens (primary N) is 1. The van der Waals surface area contributed by atoms with Crippen molar-refractivity contribution < 1.29 is 4.74 Å². The number of rotatable bonds is 4. The molecule has 2 aliphatic heterocycles. The van der Waals surface area contributed by atoms with Crippen molar-refractivity contribution in [1.29, 1.82) is 0 Å². The summed E-state index contributed by atoms with van der Waals surface area (Å²) in [6.45, 7) is 10.4. The largest absolute Gasteiger partial charge is 0.372 e. The van der Waals surface area contributed by atoms with E-state index in [9.17, 15) is 0 Å². The average molecular weight is 294 g/mol. The summed E-state index contributed by atoms with van der Waals surface area (Å²) >= 11 is 0. The van der Waals surface area contributed by atoms with Gasteiger partial charge in [-0.25, -0.2) is 0 Å². The van der Waals surface area contributed by atoms with Crippen LogP contribution in [0.5, 0.6) is 0 Å². The molecule has 0 amide bonds. The molecule has 3 aliphatic rings. The monoisotopic (exact) mass is 294 g/mol. The van der Waals surface area contributed by atoms with E-state index in [1.807, 2.05) is 0 Å². The minimum absolute atomic E-state index is 0.475. The van der Waals surface area contributed by atoms with Gasteiger partial charge in [-0.1, -0.05) is 27.2 Å². The number of hydrogen-bond donors (Lipinski definition) is 1. The van der Waals surface area contributed by atoms with E-state index in [1.165, 1.54) is 38.5 Å². The number of morpholine rings is 1. The first-order valence-corrected chi connectivity index (χ1v) is 9.13. The third-order valence-electron chi connectivity index (χ3n) is 6.82. The molecule has 0 radical (unpaired) electrons. The Morgan fingerprint density at radius 1 is 1.10 bits per heavy atom. The predicted molar refractivity (Wildman–Crippen MR) is 87.2 cm³/mol. The van der Waals surface area contributed by atoms with Crippen molar-refractivity contribution in [2.45, 2.75) is 77.5 Å². The van der Waals surface area contributed by atoms with E-state index in [1.54, 1.807) is 0 Å². The second kappa shape index (κ2) is 6.17. The molecule has 3 nitrogen and oxygen atoms in total. The molecule has 122 valence electrons. The van der Waals surface area contributed by atoms with Crippen molar-refractivity contribution >= 4 is 0 Å². The van der Waals surface area contributed by atoms with Crippen LogP contribution >= 0.6 is 0 Å². The molecule has 3 heteroatoms. The molecule has 0 aromatic heterocycles. The maximum atomic E-state index is 6.11. The summed E-state index contributed by atoms with van der Waals surface area (Å²) in [5.74, 6) is 1.56. The van der Waals surface area contributed by atoms with Gasteiger partial charge in [-0.15, -0.1) is 0 Å². The Kier molecular flexibility index (Phi) is 4.63. The quantitative estimate of drug-likeness (QED) is 0.866. The molecular formula is C18H34N2O. The van der Waals surface area contributed by atoms with Crippen LogP contribution in [0.3, 0.4) is 0 Å². The smallest absolute Gasteiger partial charge is 0.0707 e. The molecule has 0 aromatic rings.